The van der Waals surface area contributed by atoms with Gasteiger partial charge in [0.1, 0.15) is 0 Å². The molecule has 0 saturated heterocycles. The molecule has 0 saturated carbocycles. The fraction of sp³-hybridized carbons (Fsp3) is 0.273. The van der Waals surface area contributed by atoms with E-state index in [-0.39, 0.29) is 6.04 Å². The Kier molecular flexibility index (Phi) is 4.50. The maximum atomic E-state index is 10.2. The lowest BCUT2D eigenvalue weighted by Crippen LogP contribution is -2.19. The molecule has 4 heteroatoms. The summed E-state index contributed by atoms with van der Waals surface area (Å²) in [5.41, 5.74) is 0.946. The number of hydrogen-bond acceptors (Lipinski definition) is 3. The second-order valence-electron chi connectivity index (χ2n) is 3.13. The fourth-order valence-electron chi connectivity index (χ4n) is 1.14. The summed E-state index contributed by atoms with van der Waals surface area (Å²) in [6.45, 7) is 2.50. The van der Waals surface area contributed by atoms with Crippen LogP contribution in [-0.2, 0) is 4.79 Å². The number of rotatable bonds is 5. The van der Waals surface area contributed by atoms with Gasteiger partial charge in [0.15, 0.2) is 0 Å². The largest absolute Gasteiger partial charge is 0.478 e. The summed E-state index contributed by atoms with van der Waals surface area (Å²) in [7, 11) is 0. The Morgan fingerprint density at radius 3 is 3.07 bits per heavy atom. The molecule has 1 aromatic heterocycles. The van der Waals surface area contributed by atoms with Crippen molar-refractivity contribution in [3.05, 3.63) is 42.2 Å². The van der Waals surface area contributed by atoms with E-state index in [0.29, 0.717) is 6.54 Å². The summed E-state index contributed by atoms with van der Waals surface area (Å²) in [6.07, 6.45) is 4.43. The van der Waals surface area contributed by atoms with Crippen LogP contribution >= 0.6 is 0 Å². The molecule has 0 aliphatic rings. The minimum absolute atomic E-state index is 0.115. The van der Waals surface area contributed by atoms with Crippen LogP contribution in [0.3, 0.4) is 0 Å². The number of carbonyl (C=O) groups is 1. The van der Waals surface area contributed by atoms with Crippen LogP contribution in [0.4, 0.5) is 0 Å². The first-order valence-corrected chi connectivity index (χ1v) is 4.74. The average Bonchev–Trinajstić information content (AvgIpc) is 2.25. The number of nitrogens with one attached hydrogen (secondary N) is 1. The van der Waals surface area contributed by atoms with Gasteiger partial charge < -0.3 is 10.4 Å². The van der Waals surface area contributed by atoms with Crippen molar-refractivity contribution in [1.82, 2.24) is 10.3 Å². The lowest BCUT2D eigenvalue weighted by molar-refractivity contribution is -0.131. The van der Waals surface area contributed by atoms with Crippen molar-refractivity contribution < 1.29 is 9.90 Å². The topological polar surface area (TPSA) is 62.2 Å². The Labute approximate surface area is 88.7 Å². The van der Waals surface area contributed by atoms with Gasteiger partial charge in [0.25, 0.3) is 0 Å². The molecule has 0 aliphatic heterocycles. The normalized spacial score (nSPS) is 12.9. The highest BCUT2D eigenvalue weighted by molar-refractivity contribution is 5.79. The van der Waals surface area contributed by atoms with Crippen LogP contribution in [0, 0.1) is 0 Å². The number of aliphatic carboxylic acids is 1. The first-order valence-electron chi connectivity index (χ1n) is 4.74. The predicted octanol–water partition coefficient (Wildman–Crippen LogP) is 1.37. The number of carboxylic acid groups (broad SMARTS) is 1. The third-order valence-electron chi connectivity index (χ3n) is 1.93. The summed E-state index contributed by atoms with van der Waals surface area (Å²) >= 11 is 0. The zero-order chi connectivity index (χ0) is 11.1. The van der Waals surface area contributed by atoms with Gasteiger partial charge in [-0.2, -0.15) is 0 Å². The van der Waals surface area contributed by atoms with Crippen molar-refractivity contribution in [2.45, 2.75) is 13.0 Å². The highest BCUT2D eigenvalue weighted by atomic mass is 16.4. The predicted molar refractivity (Wildman–Crippen MR) is 57.4 cm³/mol. The van der Waals surface area contributed by atoms with E-state index in [1.54, 1.807) is 12.3 Å². The number of aromatic nitrogens is 1. The highest BCUT2D eigenvalue weighted by Gasteiger charge is 2.02. The second kappa shape index (κ2) is 5.93. The van der Waals surface area contributed by atoms with Crippen LogP contribution in [0.5, 0.6) is 0 Å². The quantitative estimate of drug-likeness (QED) is 0.714. The van der Waals surface area contributed by atoms with Gasteiger partial charge in [0.2, 0.25) is 0 Å². The monoisotopic (exact) mass is 206 g/mol. The van der Waals surface area contributed by atoms with Gasteiger partial charge in [-0.25, -0.2) is 4.79 Å². The van der Waals surface area contributed by atoms with E-state index in [9.17, 15) is 4.79 Å². The van der Waals surface area contributed by atoms with Crippen molar-refractivity contribution in [2.24, 2.45) is 0 Å². The van der Waals surface area contributed by atoms with Crippen molar-refractivity contribution in [3.63, 3.8) is 0 Å². The minimum atomic E-state index is -0.928. The molecule has 0 spiro atoms. The zero-order valence-corrected chi connectivity index (χ0v) is 8.55. The van der Waals surface area contributed by atoms with E-state index in [0.717, 1.165) is 11.8 Å². The molecule has 0 bridgehead atoms. The van der Waals surface area contributed by atoms with Crippen LogP contribution in [0.1, 0.15) is 18.7 Å². The maximum Gasteiger partial charge on any atom is 0.328 e. The molecule has 1 aromatic rings. The molecule has 1 atom stereocenters. The van der Waals surface area contributed by atoms with E-state index in [2.05, 4.69) is 10.3 Å². The van der Waals surface area contributed by atoms with E-state index in [1.807, 2.05) is 25.1 Å². The zero-order valence-electron chi connectivity index (χ0n) is 8.55. The van der Waals surface area contributed by atoms with Gasteiger partial charge in [-0.15, -0.1) is 0 Å². The molecule has 0 fully saturated rings. The van der Waals surface area contributed by atoms with E-state index >= 15 is 0 Å². The molecule has 0 aromatic carbocycles. The fourth-order valence-corrected chi connectivity index (χ4v) is 1.14. The Bertz CT molecular complexity index is 336. The SMILES string of the molecule is C[C@@H](NC/C=C/C(=O)O)c1ccccn1. The van der Waals surface area contributed by atoms with E-state index in [1.165, 1.54) is 0 Å². The van der Waals surface area contributed by atoms with Gasteiger partial charge in [0.05, 0.1) is 5.69 Å². The van der Waals surface area contributed by atoms with Crippen molar-refractivity contribution in [2.75, 3.05) is 6.54 Å². The van der Waals surface area contributed by atoms with Crippen molar-refractivity contribution in [1.29, 1.82) is 0 Å². The molecule has 0 amide bonds. The third-order valence-corrected chi connectivity index (χ3v) is 1.93. The second-order valence-corrected chi connectivity index (χ2v) is 3.13. The van der Waals surface area contributed by atoms with Crippen LogP contribution in [0.25, 0.3) is 0 Å². The molecule has 0 aliphatic carbocycles. The first-order chi connectivity index (χ1) is 7.20. The van der Waals surface area contributed by atoms with Crippen molar-refractivity contribution in [3.8, 4) is 0 Å². The summed E-state index contributed by atoms with van der Waals surface area (Å²) in [4.78, 5) is 14.4. The Morgan fingerprint density at radius 1 is 1.67 bits per heavy atom. The molecule has 2 N–H and O–H groups in total. The van der Waals surface area contributed by atoms with Crippen LogP contribution < -0.4 is 5.32 Å². The van der Waals surface area contributed by atoms with Gasteiger partial charge >= 0.3 is 5.97 Å². The van der Waals surface area contributed by atoms with Gasteiger partial charge in [-0.3, -0.25) is 4.98 Å². The Hall–Kier alpha value is -1.68. The Balaban J connectivity index is 2.37. The molecule has 0 radical (unpaired) electrons. The summed E-state index contributed by atoms with van der Waals surface area (Å²) in [6, 6.07) is 5.83. The van der Waals surface area contributed by atoms with Gasteiger partial charge in [0, 0.05) is 24.9 Å². The number of nitrogens with zero attached hydrogens (tertiary/aromatic N) is 1. The minimum Gasteiger partial charge on any atom is -0.478 e. The van der Waals surface area contributed by atoms with Crippen LogP contribution in [0.15, 0.2) is 36.5 Å². The smallest absolute Gasteiger partial charge is 0.328 e. The number of carboxylic acids is 1. The lowest BCUT2D eigenvalue weighted by Gasteiger charge is -2.10. The first kappa shape index (κ1) is 11.4. The van der Waals surface area contributed by atoms with E-state index < -0.39 is 5.97 Å². The maximum absolute atomic E-state index is 10.2. The third kappa shape index (κ3) is 4.37. The summed E-state index contributed by atoms with van der Waals surface area (Å²) in [5.74, 6) is -0.928. The van der Waals surface area contributed by atoms with Crippen LogP contribution in [-0.4, -0.2) is 22.6 Å². The molecule has 80 valence electrons. The number of hydrogen-bond donors (Lipinski definition) is 2. The van der Waals surface area contributed by atoms with E-state index in [4.69, 9.17) is 5.11 Å². The van der Waals surface area contributed by atoms with Crippen LogP contribution in [0.2, 0.25) is 0 Å². The lowest BCUT2D eigenvalue weighted by atomic mass is 10.2. The molecular formula is C11H14N2O2. The molecule has 0 unspecified atom stereocenters. The molecule has 4 nitrogen and oxygen atoms in total. The average molecular weight is 206 g/mol. The van der Waals surface area contributed by atoms with Gasteiger partial charge in [-0.05, 0) is 19.1 Å². The Morgan fingerprint density at radius 2 is 2.47 bits per heavy atom. The number of pyridine rings is 1. The van der Waals surface area contributed by atoms with Crippen molar-refractivity contribution >= 4 is 5.97 Å². The molecule has 1 rings (SSSR count). The summed E-state index contributed by atoms with van der Waals surface area (Å²) < 4.78 is 0. The van der Waals surface area contributed by atoms with Gasteiger partial charge in [-0.1, -0.05) is 12.1 Å². The summed E-state index contributed by atoms with van der Waals surface area (Å²) in [5, 5.41) is 11.5. The molecular weight excluding hydrogens is 192 g/mol. The standard InChI is InChI=1S/C11H14N2O2/c1-9(10-5-2-3-7-13-10)12-8-4-6-11(14)15/h2-7,9,12H,8H2,1H3,(H,14,15)/b6-4+/t9-/m1/s1. The molecule has 1 heterocycles. The molecule has 15 heavy (non-hydrogen) atoms. The highest BCUT2D eigenvalue weighted by Crippen LogP contribution is 2.06.